The Hall–Kier alpha value is -0.250. The van der Waals surface area contributed by atoms with Gasteiger partial charge in [-0.05, 0) is 76.9 Å². The summed E-state index contributed by atoms with van der Waals surface area (Å²) in [6.45, 7) is 0. The normalized spacial score (nSPS) is 22.2. The predicted octanol–water partition coefficient (Wildman–Crippen LogP) is 3.75. The first kappa shape index (κ1) is 9.94. The summed E-state index contributed by atoms with van der Waals surface area (Å²) in [5.74, 6) is 0.522. The molecule has 0 aliphatic heterocycles. The van der Waals surface area contributed by atoms with Crippen molar-refractivity contribution in [2.45, 2.75) is 43.9 Å². The third kappa shape index (κ3) is 1.33. The molecule has 1 N–H and O–H groups in total. The summed E-state index contributed by atoms with van der Waals surface area (Å²) in [4.78, 5) is 0. The average Bonchev–Trinajstić information content (AvgIpc) is 2.83. The molecule has 1 fully saturated rings. The first-order chi connectivity index (χ1) is 7.23. The third-order valence-electron chi connectivity index (χ3n) is 4.18. The van der Waals surface area contributed by atoms with E-state index >= 15 is 0 Å². The molecule has 2 aliphatic rings. The Morgan fingerprint density at radius 2 is 1.87 bits per heavy atom. The van der Waals surface area contributed by atoms with E-state index in [1.807, 2.05) is 6.07 Å². The lowest BCUT2D eigenvalue weighted by molar-refractivity contribution is 0.437. The second-order valence-corrected chi connectivity index (χ2v) is 6.07. The monoisotopic (exact) mass is 314 g/mol. The summed E-state index contributed by atoms with van der Waals surface area (Å²) < 4.78 is 1.36. The maximum absolute atomic E-state index is 9.90. The molecule has 0 radical (unpaired) electrons. The van der Waals surface area contributed by atoms with E-state index in [4.69, 9.17) is 0 Å². The second kappa shape index (κ2) is 3.37. The van der Waals surface area contributed by atoms with E-state index in [-0.39, 0.29) is 0 Å². The van der Waals surface area contributed by atoms with E-state index in [1.54, 1.807) is 0 Å². The number of halogens is 1. The molecular formula is C13H15IO. The van der Waals surface area contributed by atoms with Gasteiger partial charge in [0.05, 0.1) is 0 Å². The molecule has 15 heavy (non-hydrogen) atoms. The highest BCUT2D eigenvalue weighted by atomic mass is 127. The molecular weight excluding hydrogens is 299 g/mol. The van der Waals surface area contributed by atoms with Crippen LogP contribution in [0.15, 0.2) is 12.1 Å². The standard InChI is InChI=1S/C13H15IO/c14-10-3-4-11(15)9-5-8-13(12(9)10)6-1-2-7-13/h3-4,15H,1-2,5-8H2. The molecule has 0 saturated heterocycles. The molecule has 0 bridgehead atoms. The number of phenolic OH excluding ortho intramolecular Hbond substituents is 1. The van der Waals surface area contributed by atoms with Crippen LogP contribution in [0, 0.1) is 3.57 Å². The van der Waals surface area contributed by atoms with Gasteiger partial charge in [0.1, 0.15) is 5.75 Å². The maximum Gasteiger partial charge on any atom is 0.119 e. The minimum absolute atomic E-state index is 0.435. The lowest BCUT2D eigenvalue weighted by Crippen LogP contribution is -2.19. The van der Waals surface area contributed by atoms with Crippen molar-refractivity contribution in [1.82, 2.24) is 0 Å². The number of rotatable bonds is 0. The van der Waals surface area contributed by atoms with E-state index in [0.29, 0.717) is 11.2 Å². The number of aromatic hydroxyl groups is 1. The van der Waals surface area contributed by atoms with Gasteiger partial charge in [-0.2, -0.15) is 0 Å². The summed E-state index contributed by atoms with van der Waals surface area (Å²) >= 11 is 2.43. The Kier molecular flexibility index (Phi) is 2.23. The zero-order valence-electron chi connectivity index (χ0n) is 8.72. The van der Waals surface area contributed by atoms with Gasteiger partial charge in [0.25, 0.3) is 0 Å². The Bertz CT molecular complexity index is 405. The predicted molar refractivity (Wildman–Crippen MR) is 69.3 cm³/mol. The molecule has 1 nitrogen and oxygen atoms in total. The van der Waals surface area contributed by atoms with Gasteiger partial charge in [-0.3, -0.25) is 0 Å². The van der Waals surface area contributed by atoms with Crippen LogP contribution in [0.5, 0.6) is 5.75 Å². The van der Waals surface area contributed by atoms with Crippen LogP contribution in [0.25, 0.3) is 0 Å². The molecule has 1 spiro atoms. The Morgan fingerprint density at radius 3 is 2.60 bits per heavy atom. The van der Waals surface area contributed by atoms with Gasteiger partial charge in [-0.25, -0.2) is 0 Å². The van der Waals surface area contributed by atoms with Crippen LogP contribution in [0.1, 0.15) is 43.2 Å². The molecule has 0 amide bonds. The van der Waals surface area contributed by atoms with Crippen LogP contribution in [-0.4, -0.2) is 5.11 Å². The minimum atomic E-state index is 0.435. The van der Waals surface area contributed by atoms with Gasteiger partial charge in [-0.1, -0.05) is 12.8 Å². The van der Waals surface area contributed by atoms with Crippen molar-refractivity contribution in [3.05, 3.63) is 26.8 Å². The fourth-order valence-electron chi connectivity index (χ4n) is 3.48. The van der Waals surface area contributed by atoms with Crippen LogP contribution >= 0.6 is 22.6 Å². The Balaban J connectivity index is 2.20. The van der Waals surface area contributed by atoms with Crippen LogP contribution in [0.3, 0.4) is 0 Å². The van der Waals surface area contributed by atoms with Gasteiger partial charge < -0.3 is 5.11 Å². The summed E-state index contributed by atoms with van der Waals surface area (Å²) in [7, 11) is 0. The molecule has 0 atom stereocenters. The highest BCUT2D eigenvalue weighted by Crippen LogP contribution is 2.53. The molecule has 3 rings (SSSR count). The van der Waals surface area contributed by atoms with Gasteiger partial charge in [0.15, 0.2) is 0 Å². The maximum atomic E-state index is 9.90. The zero-order valence-corrected chi connectivity index (χ0v) is 10.9. The SMILES string of the molecule is Oc1ccc(I)c2c1CCC21CCCC1. The number of benzene rings is 1. The summed E-state index contributed by atoms with van der Waals surface area (Å²) in [6.07, 6.45) is 7.74. The molecule has 1 aromatic carbocycles. The fourth-order valence-corrected chi connectivity index (χ4v) is 4.55. The summed E-state index contributed by atoms with van der Waals surface area (Å²) in [6, 6.07) is 3.93. The van der Waals surface area contributed by atoms with Crippen molar-refractivity contribution in [2.75, 3.05) is 0 Å². The smallest absolute Gasteiger partial charge is 0.119 e. The van der Waals surface area contributed by atoms with Gasteiger partial charge >= 0.3 is 0 Å². The third-order valence-corrected chi connectivity index (χ3v) is 5.08. The number of phenols is 1. The van der Waals surface area contributed by atoms with Crippen molar-refractivity contribution >= 4 is 22.6 Å². The topological polar surface area (TPSA) is 20.2 Å². The van der Waals surface area contributed by atoms with Crippen molar-refractivity contribution in [2.24, 2.45) is 0 Å². The Morgan fingerprint density at radius 1 is 1.13 bits per heavy atom. The van der Waals surface area contributed by atoms with E-state index in [9.17, 15) is 5.11 Å². The van der Waals surface area contributed by atoms with E-state index in [1.165, 1.54) is 46.8 Å². The Labute approximate surface area is 104 Å². The number of fused-ring (bicyclic) bond motifs is 2. The molecule has 0 heterocycles. The second-order valence-electron chi connectivity index (χ2n) is 4.91. The van der Waals surface area contributed by atoms with Crippen LogP contribution in [0.4, 0.5) is 0 Å². The van der Waals surface area contributed by atoms with Crippen molar-refractivity contribution in [3.8, 4) is 5.75 Å². The van der Waals surface area contributed by atoms with Crippen LogP contribution in [0.2, 0.25) is 0 Å². The molecule has 2 heteroatoms. The van der Waals surface area contributed by atoms with Crippen molar-refractivity contribution < 1.29 is 5.11 Å². The molecule has 1 aromatic rings. The first-order valence-corrected chi connectivity index (χ1v) is 6.82. The molecule has 0 aromatic heterocycles. The first-order valence-electron chi connectivity index (χ1n) is 5.74. The zero-order chi connectivity index (χ0) is 10.5. The molecule has 80 valence electrons. The molecule has 0 unspecified atom stereocenters. The van der Waals surface area contributed by atoms with Crippen molar-refractivity contribution in [1.29, 1.82) is 0 Å². The van der Waals surface area contributed by atoms with Gasteiger partial charge in [-0.15, -0.1) is 0 Å². The lowest BCUT2D eigenvalue weighted by atomic mass is 9.80. The highest BCUT2D eigenvalue weighted by Gasteiger charge is 2.43. The van der Waals surface area contributed by atoms with Gasteiger partial charge in [0, 0.05) is 3.57 Å². The van der Waals surface area contributed by atoms with E-state index < -0.39 is 0 Å². The molecule has 2 aliphatic carbocycles. The largest absolute Gasteiger partial charge is 0.508 e. The van der Waals surface area contributed by atoms with Crippen molar-refractivity contribution in [3.63, 3.8) is 0 Å². The fraction of sp³-hybridized carbons (Fsp3) is 0.538. The van der Waals surface area contributed by atoms with Gasteiger partial charge in [0.2, 0.25) is 0 Å². The van der Waals surface area contributed by atoms with Crippen LogP contribution in [-0.2, 0) is 11.8 Å². The lowest BCUT2D eigenvalue weighted by Gasteiger charge is -2.25. The summed E-state index contributed by atoms with van der Waals surface area (Å²) in [5, 5.41) is 9.90. The van der Waals surface area contributed by atoms with Crippen LogP contribution < -0.4 is 0 Å². The number of hydrogen-bond acceptors (Lipinski definition) is 1. The van der Waals surface area contributed by atoms with E-state index in [2.05, 4.69) is 28.7 Å². The number of hydrogen-bond donors (Lipinski definition) is 1. The minimum Gasteiger partial charge on any atom is -0.508 e. The quantitative estimate of drug-likeness (QED) is 0.723. The molecule has 1 saturated carbocycles. The highest BCUT2D eigenvalue weighted by molar-refractivity contribution is 14.1. The average molecular weight is 314 g/mol. The van der Waals surface area contributed by atoms with E-state index in [0.717, 1.165) is 6.42 Å². The summed E-state index contributed by atoms with van der Waals surface area (Å²) in [5.41, 5.74) is 3.16.